The highest BCUT2D eigenvalue weighted by Gasteiger charge is 2.35. The second-order valence-electron chi connectivity index (χ2n) is 4.75. The Balaban J connectivity index is 4.76. The first-order chi connectivity index (χ1) is 8.85. The average Bonchev–Trinajstić information content (AvgIpc) is 2.41. The molecule has 0 aliphatic heterocycles. The van der Waals surface area contributed by atoms with E-state index >= 15 is 0 Å². The van der Waals surface area contributed by atoms with Gasteiger partial charge >= 0.3 is 11.9 Å². The van der Waals surface area contributed by atoms with Crippen molar-refractivity contribution < 1.29 is 18.8 Å². The number of rotatable bonds is 8. The van der Waals surface area contributed by atoms with Crippen molar-refractivity contribution in [1.82, 2.24) is 0 Å². The van der Waals surface area contributed by atoms with Gasteiger partial charge in [0.15, 0.2) is 6.10 Å². The van der Waals surface area contributed by atoms with Gasteiger partial charge in [-0.1, -0.05) is 34.3 Å². The number of carbonyl (C=O) groups is 2. The fourth-order valence-corrected chi connectivity index (χ4v) is 4.26. The summed E-state index contributed by atoms with van der Waals surface area (Å²) in [4.78, 5) is 23.6. The van der Waals surface area contributed by atoms with Gasteiger partial charge in [0.2, 0.25) is 0 Å². The molecule has 1 atom stereocenters. The molecule has 0 saturated carbocycles. The van der Waals surface area contributed by atoms with Crippen molar-refractivity contribution >= 4 is 20.3 Å². The first-order valence-electron chi connectivity index (χ1n) is 6.95. The highest BCUT2D eigenvalue weighted by atomic mass is 28.4. The minimum absolute atomic E-state index is 0.288. The predicted molar refractivity (Wildman–Crippen MR) is 78.3 cm³/mol. The second kappa shape index (κ2) is 8.14. The van der Waals surface area contributed by atoms with Crippen molar-refractivity contribution in [3.8, 4) is 0 Å². The Labute approximate surface area is 117 Å². The van der Waals surface area contributed by atoms with E-state index < -0.39 is 26.4 Å². The van der Waals surface area contributed by atoms with E-state index in [1.807, 2.05) is 20.8 Å². The summed E-state index contributed by atoms with van der Waals surface area (Å²) in [7, 11) is -2.00. The molecule has 0 bridgehead atoms. The fourth-order valence-electron chi connectivity index (χ4n) is 1.77. The molecule has 0 amide bonds. The van der Waals surface area contributed by atoms with Gasteiger partial charge in [0, 0.05) is 5.57 Å². The van der Waals surface area contributed by atoms with Gasteiger partial charge in [0.1, 0.15) is 0 Å². The molecule has 110 valence electrons. The lowest BCUT2D eigenvalue weighted by Crippen LogP contribution is -2.42. The maximum Gasteiger partial charge on any atom is 0.334 e. The van der Waals surface area contributed by atoms with Crippen LogP contribution >= 0.6 is 0 Å². The van der Waals surface area contributed by atoms with E-state index in [4.69, 9.17) is 9.16 Å². The Morgan fingerprint density at radius 2 is 1.58 bits per heavy atom. The molecular weight excluding hydrogens is 260 g/mol. The van der Waals surface area contributed by atoms with Crippen LogP contribution in [0, 0.1) is 0 Å². The summed E-state index contributed by atoms with van der Waals surface area (Å²) in [6.07, 6.45) is -0.403. The molecule has 1 unspecified atom stereocenters. The molecule has 0 rings (SSSR count). The number of carbonyl (C=O) groups excluding carboxylic acids is 2. The van der Waals surface area contributed by atoms with Crippen LogP contribution in [0.2, 0.25) is 18.1 Å². The van der Waals surface area contributed by atoms with Gasteiger partial charge in [-0.3, -0.25) is 0 Å². The van der Waals surface area contributed by atoms with Gasteiger partial charge in [-0.05, 0) is 31.5 Å². The monoisotopic (exact) mass is 286 g/mol. The molecule has 0 aromatic carbocycles. The molecule has 0 aliphatic carbocycles. The molecule has 0 N–H and O–H groups in total. The van der Waals surface area contributed by atoms with E-state index in [0.717, 1.165) is 18.1 Å². The molecule has 0 radical (unpaired) electrons. The minimum atomic E-state index is -2.00. The number of hydrogen-bond donors (Lipinski definition) is 0. The van der Waals surface area contributed by atoms with Crippen LogP contribution in [0.1, 0.15) is 41.0 Å². The minimum Gasteiger partial charge on any atom is -0.516 e. The SMILES string of the molecule is C=C(C)C(=O)OC(CC)C(=O)O[Si](CC)(CC)CC. The van der Waals surface area contributed by atoms with Gasteiger partial charge in [0.25, 0.3) is 8.32 Å². The second-order valence-corrected chi connectivity index (χ2v) is 9.44. The molecule has 5 heteroatoms. The lowest BCUT2D eigenvalue weighted by atomic mass is 10.3. The first kappa shape index (κ1) is 17.9. The smallest absolute Gasteiger partial charge is 0.334 e. The lowest BCUT2D eigenvalue weighted by molar-refractivity contribution is -0.160. The largest absolute Gasteiger partial charge is 0.516 e. The molecule has 0 aliphatic rings. The molecule has 4 nitrogen and oxygen atoms in total. The molecule has 19 heavy (non-hydrogen) atoms. The van der Waals surface area contributed by atoms with Gasteiger partial charge in [-0.15, -0.1) is 0 Å². The third-order valence-electron chi connectivity index (χ3n) is 3.48. The lowest BCUT2D eigenvalue weighted by Gasteiger charge is -2.29. The molecule has 0 saturated heterocycles. The Morgan fingerprint density at radius 1 is 1.11 bits per heavy atom. The zero-order valence-corrected chi connectivity index (χ0v) is 13.7. The third kappa shape index (κ3) is 5.18. The quantitative estimate of drug-likeness (QED) is 0.390. The predicted octanol–water partition coefficient (Wildman–Crippen LogP) is 3.43. The highest BCUT2D eigenvalue weighted by Crippen LogP contribution is 2.23. The summed E-state index contributed by atoms with van der Waals surface area (Å²) < 4.78 is 10.8. The van der Waals surface area contributed by atoms with Crippen LogP contribution in [0.3, 0.4) is 0 Å². The highest BCUT2D eigenvalue weighted by molar-refractivity contribution is 6.75. The van der Waals surface area contributed by atoms with Gasteiger partial charge in [-0.2, -0.15) is 0 Å². The molecule has 0 fully saturated rings. The van der Waals surface area contributed by atoms with Crippen LogP contribution in [0.4, 0.5) is 0 Å². The molecule has 0 spiro atoms. The summed E-state index contributed by atoms with van der Waals surface area (Å²) in [6.45, 7) is 13.0. The summed E-state index contributed by atoms with van der Waals surface area (Å²) in [5, 5.41) is 0. The Bertz CT molecular complexity index is 326. The van der Waals surface area contributed by atoms with Crippen molar-refractivity contribution in [2.75, 3.05) is 0 Å². The summed E-state index contributed by atoms with van der Waals surface area (Å²) in [5.74, 6) is -0.949. The van der Waals surface area contributed by atoms with E-state index in [-0.39, 0.29) is 5.57 Å². The number of hydrogen-bond acceptors (Lipinski definition) is 4. The van der Waals surface area contributed by atoms with Crippen molar-refractivity contribution in [2.24, 2.45) is 0 Å². The van der Waals surface area contributed by atoms with Crippen LogP contribution < -0.4 is 0 Å². The van der Waals surface area contributed by atoms with E-state index in [2.05, 4.69) is 6.58 Å². The Morgan fingerprint density at radius 3 is 1.89 bits per heavy atom. The Kier molecular flexibility index (Phi) is 7.67. The zero-order chi connectivity index (χ0) is 15.1. The van der Waals surface area contributed by atoms with Crippen molar-refractivity contribution in [3.05, 3.63) is 12.2 Å². The summed E-state index contributed by atoms with van der Waals surface area (Å²) in [6, 6.07) is 2.66. The average molecular weight is 286 g/mol. The number of esters is 1. The van der Waals surface area contributed by atoms with Crippen LogP contribution in [-0.4, -0.2) is 26.4 Å². The van der Waals surface area contributed by atoms with Gasteiger partial charge < -0.3 is 9.16 Å². The van der Waals surface area contributed by atoms with E-state index in [1.165, 1.54) is 0 Å². The maximum atomic E-state index is 12.1. The van der Waals surface area contributed by atoms with Crippen molar-refractivity contribution in [2.45, 2.75) is 65.3 Å². The first-order valence-corrected chi connectivity index (χ1v) is 9.48. The van der Waals surface area contributed by atoms with E-state index in [9.17, 15) is 9.59 Å². The molecule has 0 aromatic heterocycles. The maximum absolute atomic E-state index is 12.1. The number of ether oxygens (including phenoxy) is 1. The molecular formula is C14H26O4Si. The van der Waals surface area contributed by atoms with E-state index in [1.54, 1.807) is 13.8 Å². The zero-order valence-electron chi connectivity index (χ0n) is 12.7. The van der Waals surface area contributed by atoms with Crippen LogP contribution in [0.5, 0.6) is 0 Å². The normalized spacial score (nSPS) is 12.7. The topological polar surface area (TPSA) is 52.6 Å². The van der Waals surface area contributed by atoms with Crippen molar-refractivity contribution in [3.63, 3.8) is 0 Å². The van der Waals surface area contributed by atoms with Gasteiger partial charge in [-0.25, -0.2) is 9.59 Å². The third-order valence-corrected chi connectivity index (χ3v) is 7.98. The Hall–Kier alpha value is -1.10. The van der Waals surface area contributed by atoms with Crippen LogP contribution in [-0.2, 0) is 18.8 Å². The summed E-state index contributed by atoms with van der Waals surface area (Å²) >= 11 is 0. The van der Waals surface area contributed by atoms with Crippen LogP contribution in [0.25, 0.3) is 0 Å². The van der Waals surface area contributed by atoms with Crippen LogP contribution in [0.15, 0.2) is 12.2 Å². The summed E-state index contributed by atoms with van der Waals surface area (Å²) in [5.41, 5.74) is 0.288. The van der Waals surface area contributed by atoms with Gasteiger partial charge in [0.05, 0.1) is 0 Å². The standard InChI is InChI=1S/C14H26O4Si/c1-7-12(17-13(15)11(5)6)14(16)18-19(8-2,9-3)10-4/h12H,5,7-10H2,1-4,6H3. The van der Waals surface area contributed by atoms with E-state index in [0.29, 0.717) is 6.42 Å². The van der Waals surface area contributed by atoms with Crippen molar-refractivity contribution in [1.29, 1.82) is 0 Å². The molecule has 0 aromatic rings. The fraction of sp³-hybridized carbons (Fsp3) is 0.714. The molecule has 0 heterocycles.